The van der Waals surface area contributed by atoms with Gasteiger partial charge in [-0.05, 0) is 64.8 Å². The van der Waals surface area contributed by atoms with Gasteiger partial charge in [0, 0.05) is 41.2 Å². The van der Waals surface area contributed by atoms with E-state index in [1.54, 1.807) is 6.07 Å². The van der Waals surface area contributed by atoms with E-state index in [1.165, 1.54) is 0 Å². The van der Waals surface area contributed by atoms with E-state index in [0.717, 1.165) is 59.5 Å². The van der Waals surface area contributed by atoms with E-state index in [4.69, 9.17) is 9.47 Å². The van der Waals surface area contributed by atoms with E-state index in [2.05, 4.69) is 9.55 Å². The number of rotatable bonds is 6. The summed E-state index contributed by atoms with van der Waals surface area (Å²) in [6, 6.07) is 9.35. The summed E-state index contributed by atoms with van der Waals surface area (Å²) in [5.74, 6) is -0.714. The number of aryl methyl sites for hydroxylation is 3. The van der Waals surface area contributed by atoms with Crippen molar-refractivity contribution in [3.05, 3.63) is 64.1 Å². The van der Waals surface area contributed by atoms with E-state index in [-0.39, 0.29) is 18.5 Å². The second kappa shape index (κ2) is 8.63. The largest absolute Gasteiger partial charge is 0.454 e. The molecule has 1 saturated heterocycles. The summed E-state index contributed by atoms with van der Waals surface area (Å²) < 4.78 is 13.3. The van der Waals surface area contributed by atoms with Crippen LogP contribution in [0.3, 0.4) is 0 Å². The van der Waals surface area contributed by atoms with Gasteiger partial charge in [0.15, 0.2) is 6.61 Å². The molecule has 6 nitrogen and oxygen atoms in total. The van der Waals surface area contributed by atoms with Gasteiger partial charge < -0.3 is 14.0 Å². The zero-order valence-corrected chi connectivity index (χ0v) is 18.5. The Balaban J connectivity index is 1.50. The van der Waals surface area contributed by atoms with Crippen molar-refractivity contribution in [2.75, 3.05) is 13.2 Å². The number of carbonyl (C=O) groups is 2. The lowest BCUT2D eigenvalue weighted by molar-refractivity contribution is 0.0476. The Kier molecular flexibility index (Phi) is 5.92. The van der Waals surface area contributed by atoms with Crippen LogP contribution < -0.4 is 0 Å². The van der Waals surface area contributed by atoms with E-state index in [9.17, 15) is 9.59 Å². The Morgan fingerprint density at radius 1 is 1.13 bits per heavy atom. The lowest BCUT2D eigenvalue weighted by atomic mass is 10.1. The molecule has 6 heteroatoms. The van der Waals surface area contributed by atoms with Gasteiger partial charge in [0.05, 0.1) is 17.2 Å². The summed E-state index contributed by atoms with van der Waals surface area (Å²) in [6.45, 7) is 8.96. The van der Waals surface area contributed by atoms with Crippen molar-refractivity contribution in [3.8, 4) is 0 Å². The zero-order valence-electron chi connectivity index (χ0n) is 18.5. The van der Waals surface area contributed by atoms with Crippen LogP contribution in [0.25, 0.3) is 10.9 Å². The minimum Gasteiger partial charge on any atom is -0.454 e. The molecule has 0 aliphatic carbocycles. The number of pyridine rings is 1. The Hall–Kier alpha value is -2.99. The van der Waals surface area contributed by atoms with Crippen LogP contribution in [0.2, 0.25) is 0 Å². The number of ether oxygens (including phenoxy) is 2. The first-order valence-electron chi connectivity index (χ1n) is 10.7. The molecule has 1 fully saturated rings. The fourth-order valence-electron chi connectivity index (χ4n) is 4.28. The van der Waals surface area contributed by atoms with Crippen molar-refractivity contribution in [1.29, 1.82) is 0 Å². The molecule has 0 radical (unpaired) electrons. The lowest BCUT2D eigenvalue weighted by Crippen LogP contribution is -2.18. The molecule has 1 unspecified atom stereocenters. The average molecular weight is 421 g/mol. The predicted molar refractivity (Wildman–Crippen MR) is 119 cm³/mol. The summed E-state index contributed by atoms with van der Waals surface area (Å²) in [5.41, 5.74) is 5.41. The number of esters is 1. The van der Waals surface area contributed by atoms with Crippen LogP contribution in [-0.2, 0) is 16.0 Å². The Morgan fingerprint density at radius 2 is 1.94 bits per heavy atom. The first-order valence-corrected chi connectivity index (χ1v) is 10.7. The fourth-order valence-corrected chi connectivity index (χ4v) is 4.28. The van der Waals surface area contributed by atoms with Gasteiger partial charge >= 0.3 is 5.97 Å². The van der Waals surface area contributed by atoms with E-state index >= 15 is 0 Å². The predicted octanol–water partition coefficient (Wildman–Crippen LogP) is 4.49. The number of ketones is 1. The summed E-state index contributed by atoms with van der Waals surface area (Å²) in [6.07, 6.45) is 2.31. The second-order valence-electron chi connectivity index (χ2n) is 8.36. The average Bonchev–Trinajstić information content (AvgIpc) is 3.35. The van der Waals surface area contributed by atoms with Crippen LogP contribution in [-0.4, -0.2) is 40.6 Å². The van der Waals surface area contributed by atoms with Gasteiger partial charge in [-0.2, -0.15) is 0 Å². The van der Waals surface area contributed by atoms with Gasteiger partial charge in [-0.1, -0.05) is 11.6 Å². The monoisotopic (exact) mass is 420 g/mol. The van der Waals surface area contributed by atoms with E-state index in [0.29, 0.717) is 11.1 Å². The molecule has 0 bridgehead atoms. The molecule has 1 atom stereocenters. The molecule has 1 aromatic carbocycles. The van der Waals surface area contributed by atoms with Crippen molar-refractivity contribution >= 4 is 22.7 Å². The van der Waals surface area contributed by atoms with Crippen LogP contribution in [0, 0.1) is 27.7 Å². The van der Waals surface area contributed by atoms with Crippen molar-refractivity contribution in [3.63, 3.8) is 0 Å². The Bertz CT molecular complexity index is 1160. The molecule has 31 heavy (non-hydrogen) atoms. The third-order valence-electron chi connectivity index (χ3n) is 5.93. The van der Waals surface area contributed by atoms with Gasteiger partial charge in [0.2, 0.25) is 5.78 Å². The fraction of sp³-hybridized carbons (Fsp3) is 0.400. The number of hydrogen-bond donors (Lipinski definition) is 0. The van der Waals surface area contributed by atoms with E-state index in [1.807, 2.05) is 52.0 Å². The maximum atomic E-state index is 12.9. The summed E-state index contributed by atoms with van der Waals surface area (Å²) >= 11 is 0. The van der Waals surface area contributed by atoms with Crippen molar-refractivity contribution in [1.82, 2.24) is 9.55 Å². The third kappa shape index (κ3) is 4.39. The normalized spacial score (nSPS) is 16.1. The summed E-state index contributed by atoms with van der Waals surface area (Å²) in [5, 5.41) is 0.734. The second-order valence-corrected chi connectivity index (χ2v) is 8.36. The van der Waals surface area contributed by atoms with Gasteiger partial charge in [0.25, 0.3) is 0 Å². The molecule has 3 aromatic rings. The Morgan fingerprint density at radius 3 is 2.68 bits per heavy atom. The topological polar surface area (TPSA) is 70.4 Å². The molecule has 0 spiro atoms. The van der Waals surface area contributed by atoms with Crippen molar-refractivity contribution in [2.24, 2.45) is 0 Å². The Labute approximate surface area is 182 Å². The first kappa shape index (κ1) is 21.2. The molecule has 2 aromatic heterocycles. The molecule has 1 aliphatic rings. The van der Waals surface area contributed by atoms with Crippen LogP contribution >= 0.6 is 0 Å². The molecule has 1 aliphatic heterocycles. The third-order valence-corrected chi connectivity index (χ3v) is 5.93. The van der Waals surface area contributed by atoms with Crippen LogP contribution in [0.1, 0.15) is 56.2 Å². The lowest BCUT2D eigenvalue weighted by Gasteiger charge is -2.14. The molecular weight excluding hydrogens is 392 g/mol. The first-order chi connectivity index (χ1) is 14.8. The SMILES string of the molecule is Cc1ccc2nc(C)cc(C(=O)OCC(=O)c3cc(C)n(CC4CCCO4)c3C)c2c1. The van der Waals surface area contributed by atoms with Gasteiger partial charge in [-0.25, -0.2) is 4.79 Å². The quantitative estimate of drug-likeness (QED) is 0.434. The number of nitrogens with zero attached hydrogens (tertiary/aromatic N) is 2. The number of Topliss-reactive ketones (excluding diaryl/α,β-unsaturated/α-hetero) is 1. The maximum Gasteiger partial charge on any atom is 0.339 e. The summed E-state index contributed by atoms with van der Waals surface area (Å²) in [7, 11) is 0. The zero-order chi connectivity index (χ0) is 22.1. The van der Waals surface area contributed by atoms with Gasteiger partial charge in [-0.15, -0.1) is 0 Å². The number of aromatic nitrogens is 2. The molecule has 162 valence electrons. The maximum absolute atomic E-state index is 12.9. The van der Waals surface area contributed by atoms with Gasteiger partial charge in [0.1, 0.15) is 0 Å². The standard InChI is InChI=1S/C25H28N2O4/c1-15-7-8-23-21(10-15)22(11-16(2)26-23)25(29)31-14-24(28)20-12-17(3)27(18(20)4)13-19-6-5-9-30-19/h7-8,10-12,19H,5-6,9,13-14H2,1-4H3. The van der Waals surface area contributed by atoms with E-state index < -0.39 is 5.97 Å². The highest BCUT2D eigenvalue weighted by atomic mass is 16.5. The van der Waals surface area contributed by atoms with Gasteiger partial charge in [-0.3, -0.25) is 9.78 Å². The highest BCUT2D eigenvalue weighted by Gasteiger charge is 2.22. The smallest absolute Gasteiger partial charge is 0.339 e. The molecule has 4 rings (SSSR count). The number of hydrogen-bond acceptors (Lipinski definition) is 5. The highest BCUT2D eigenvalue weighted by molar-refractivity contribution is 6.05. The van der Waals surface area contributed by atoms with Crippen LogP contribution in [0.15, 0.2) is 30.3 Å². The van der Waals surface area contributed by atoms with Crippen molar-refractivity contribution in [2.45, 2.75) is 53.2 Å². The summed E-state index contributed by atoms with van der Waals surface area (Å²) in [4.78, 5) is 30.2. The molecular formula is C25H28N2O4. The minimum absolute atomic E-state index is 0.192. The molecule has 0 N–H and O–H groups in total. The number of fused-ring (bicyclic) bond motifs is 1. The molecule has 0 amide bonds. The minimum atomic E-state index is -0.511. The van der Waals surface area contributed by atoms with Crippen LogP contribution in [0.5, 0.6) is 0 Å². The van der Waals surface area contributed by atoms with Crippen molar-refractivity contribution < 1.29 is 19.1 Å². The highest BCUT2D eigenvalue weighted by Crippen LogP contribution is 2.23. The molecule has 3 heterocycles. The number of benzene rings is 1. The van der Waals surface area contributed by atoms with Crippen LogP contribution in [0.4, 0.5) is 0 Å². The number of carbonyl (C=O) groups excluding carboxylic acids is 2. The molecule has 0 saturated carbocycles.